The van der Waals surface area contributed by atoms with Gasteiger partial charge in [0, 0.05) is 19.0 Å². The lowest BCUT2D eigenvalue weighted by Crippen LogP contribution is -2.36. The molecule has 2 fully saturated rings. The van der Waals surface area contributed by atoms with Crippen molar-refractivity contribution in [3.05, 3.63) is 35.4 Å². The van der Waals surface area contributed by atoms with E-state index >= 15 is 0 Å². The minimum atomic E-state index is -0.448. The number of amides is 2. The lowest BCUT2D eigenvalue weighted by Gasteiger charge is -2.26. The summed E-state index contributed by atoms with van der Waals surface area (Å²) in [6.07, 6.45) is 7.50. The quantitative estimate of drug-likeness (QED) is 0.792. The number of aryl methyl sites for hydroxylation is 1. The van der Waals surface area contributed by atoms with Crippen molar-refractivity contribution in [2.75, 3.05) is 13.2 Å². The lowest BCUT2D eigenvalue weighted by atomic mass is 9.88. The van der Waals surface area contributed by atoms with Crippen LogP contribution in [0.25, 0.3) is 0 Å². The molecule has 2 amide bonds. The van der Waals surface area contributed by atoms with Crippen LogP contribution in [0.2, 0.25) is 0 Å². The molecule has 1 aromatic rings. The Kier molecular flexibility index (Phi) is 5.64. The third-order valence-corrected chi connectivity index (χ3v) is 6.31. The molecule has 1 heterocycles. The molecule has 1 saturated heterocycles. The number of carbonyl (C=O) groups excluding carboxylic acids is 3. The van der Waals surface area contributed by atoms with E-state index in [1.54, 1.807) is 0 Å². The van der Waals surface area contributed by atoms with Gasteiger partial charge in [0.1, 0.15) is 0 Å². The van der Waals surface area contributed by atoms with Crippen molar-refractivity contribution < 1.29 is 19.1 Å². The van der Waals surface area contributed by atoms with Crippen LogP contribution in [0.1, 0.15) is 62.1 Å². The summed E-state index contributed by atoms with van der Waals surface area (Å²) in [4.78, 5) is 38.8. The molecule has 1 aromatic carbocycles. The average Bonchev–Trinajstić information content (AvgIpc) is 3.36. The third kappa shape index (κ3) is 4.05. The van der Waals surface area contributed by atoms with E-state index in [0.29, 0.717) is 6.54 Å². The molecule has 1 aliphatic heterocycles. The Morgan fingerprint density at radius 3 is 2.71 bits per heavy atom. The molecule has 28 heavy (non-hydrogen) atoms. The minimum Gasteiger partial charge on any atom is -0.455 e. The first-order valence-electron chi connectivity index (χ1n) is 10.4. The van der Waals surface area contributed by atoms with Crippen LogP contribution in [0.15, 0.2) is 24.3 Å². The molecular formula is C22H28N2O4. The van der Waals surface area contributed by atoms with Gasteiger partial charge in [-0.15, -0.1) is 0 Å². The molecule has 0 aromatic heterocycles. The second kappa shape index (κ2) is 8.33. The van der Waals surface area contributed by atoms with E-state index in [0.717, 1.165) is 50.5 Å². The average molecular weight is 384 g/mol. The Bertz CT molecular complexity index is 757. The van der Waals surface area contributed by atoms with E-state index in [4.69, 9.17) is 4.74 Å². The van der Waals surface area contributed by atoms with Crippen molar-refractivity contribution in [2.24, 2.45) is 5.92 Å². The van der Waals surface area contributed by atoms with Gasteiger partial charge in [-0.2, -0.15) is 0 Å². The normalized spacial score (nSPS) is 24.9. The zero-order valence-electron chi connectivity index (χ0n) is 16.2. The summed E-state index contributed by atoms with van der Waals surface area (Å²) in [5.74, 6) is -1.13. The second-order valence-corrected chi connectivity index (χ2v) is 8.20. The minimum absolute atomic E-state index is 0.0259. The largest absolute Gasteiger partial charge is 0.455 e. The smallest absolute Gasteiger partial charge is 0.311 e. The molecule has 2 atom stereocenters. The number of hydrogen-bond acceptors (Lipinski definition) is 4. The number of nitrogens with one attached hydrogen (secondary N) is 1. The van der Waals surface area contributed by atoms with Crippen molar-refractivity contribution in [1.29, 1.82) is 0 Å². The number of rotatable bonds is 5. The zero-order chi connectivity index (χ0) is 19.5. The number of nitrogens with zero attached hydrogens (tertiary/aromatic N) is 1. The van der Waals surface area contributed by atoms with Gasteiger partial charge in [-0.05, 0) is 43.2 Å². The maximum absolute atomic E-state index is 12.4. The maximum Gasteiger partial charge on any atom is 0.311 e. The van der Waals surface area contributed by atoms with Crippen LogP contribution >= 0.6 is 0 Å². The second-order valence-electron chi connectivity index (χ2n) is 8.20. The third-order valence-electron chi connectivity index (χ3n) is 6.31. The van der Waals surface area contributed by atoms with Crippen LogP contribution in [-0.4, -0.2) is 41.9 Å². The van der Waals surface area contributed by atoms with Crippen molar-refractivity contribution in [2.45, 2.75) is 63.5 Å². The Hall–Kier alpha value is -2.37. The Balaban J connectivity index is 1.26. The monoisotopic (exact) mass is 384 g/mol. The van der Waals surface area contributed by atoms with E-state index in [2.05, 4.69) is 11.4 Å². The van der Waals surface area contributed by atoms with Gasteiger partial charge in [0.25, 0.3) is 5.91 Å². The number of esters is 1. The Labute approximate surface area is 165 Å². The van der Waals surface area contributed by atoms with E-state index in [9.17, 15) is 14.4 Å². The van der Waals surface area contributed by atoms with E-state index in [1.165, 1.54) is 5.56 Å². The predicted octanol–water partition coefficient (Wildman–Crippen LogP) is 2.51. The number of hydrogen-bond donors (Lipinski definition) is 1. The van der Waals surface area contributed by atoms with Gasteiger partial charge in [-0.3, -0.25) is 14.4 Å². The van der Waals surface area contributed by atoms with Gasteiger partial charge in [-0.1, -0.05) is 37.1 Å². The zero-order valence-corrected chi connectivity index (χ0v) is 16.2. The van der Waals surface area contributed by atoms with E-state index in [-0.39, 0.29) is 36.9 Å². The van der Waals surface area contributed by atoms with Gasteiger partial charge in [0.15, 0.2) is 6.61 Å². The maximum atomic E-state index is 12.4. The predicted molar refractivity (Wildman–Crippen MR) is 103 cm³/mol. The molecule has 1 saturated carbocycles. The molecule has 4 rings (SSSR count). The molecule has 0 unspecified atom stereocenters. The highest BCUT2D eigenvalue weighted by Crippen LogP contribution is 2.30. The molecular weight excluding hydrogens is 356 g/mol. The first-order valence-corrected chi connectivity index (χ1v) is 10.4. The van der Waals surface area contributed by atoms with Crippen molar-refractivity contribution in [3.63, 3.8) is 0 Å². The SMILES string of the molecule is O=C(COC(=O)[C@H]1CC(=O)N(C2CCCC2)C1)N[C@H]1CCCc2ccccc21. The summed E-state index contributed by atoms with van der Waals surface area (Å²) < 4.78 is 5.25. The number of carbonyl (C=O) groups is 3. The van der Waals surface area contributed by atoms with Crippen molar-refractivity contribution in [1.82, 2.24) is 10.2 Å². The molecule has 0 spiro atoms. The fourth-order valence-electron chi connectivity index (χ4n) is 4.85. The fourth-order valence-corrected chi connectivity index (χ4v) is 4.85. The molecule has 0 bridgehead atoms. The van der Waals surface area contributed by atoms with Gasteiger partial charge >= 0.3 is 5.97 Å². The summed E-state index contributed by atoms with van der Waals surface area (Å²) in [6, 6.07) is 8.40. The van der Waals surface area contributed by atoms with E-state index in [1.807, 2.05) is 23.1 Å². The number of likely N-dealkylation sites (tertiary alicyclic amines) is 1. The van der Waals surface area contributed by atoms with Crippen LogP contribution in [0.3, 0.4) is 0 Å². The highest BCUT2D eigenvalue weighted by atomic mass is 16.5. The van der Waals surface area contributed by atoms with Gasteiger partial charge in [-0.25, -0.2) is 0 Å². The molecule has 0 radical (unpaired) electrons. The Morgan fingerprint density at radius 1 is 1.11 bits per heavy atom. The molecule has 150 valence electrons. The van der Waals surface area contributed by atoms with Gasteiger partial charge < -0.3 is 15.0 Å². The standard InChI is InChI=1S/C22H28N2O4/c25-20(23-19-11-5-7-15-6-1-4-10-18(15)19)14-28-22(27)16-12-21(26)24(13-16)17-8-2-3-9-17/h1,4,6,10,16-17,19H,2-3,5,7-9,11-14H2,(H,23,25)/t16-,19-/m0/s1. The number of benzene rings is 1. The van der Waals surface area contributed by atoms with Crippen LogP contribution < -0.4 is 5.32 Å². The van der Waals surface area contributed by atoms with Crippen LogP contribution in [0, 0.1) is 5.92 Å². The van der Waals surface area contributed by atoms with Crippen molar-refractivity contribution >= 4 is 17.8 Å². The van der Waals surface area contributed by atoms with Crippen LogP contribution in [-0.2, 0) is 25.5 Å². The summed E-state index contributed by atoms with van der Waals surface area (Å²) in [7, 11) is 0. The summed E-state index contributed by atoms with van der Waals surface area (Å²) in [5, 5.41) is 2.99. The fraction of sp³-hybridized carbons (Fsp3) is 0.591. The van der Waals surface area contributed by atoms with Crippen LogP contribution in [0.5, 0.6) is 0 Å². The molecule has 3 aliphatic rings. The van der Waals surface area contributed by atoms with E-state index < -0.39 is 11.9 Å². The summed E-state index contributed by atoms with van der Waals surface area (Å²) in [6.45, 7) is 0.144. The number of ether oxygens (including phenoxy) is 1. The van der Waals surface area contributed by atoms with Gasteiger partial charge in [0.2, 0.25) is 5.91 Å². The molecule has 6 nitrogen and oxygen atoms in total. The summed E-state index contributed by atoms with van der Waals surface area (Å²) >= 11 is 0. The van der Waals surface area contributed by atoms with Crippen molar-refractivity contribution in [3.8, 4) is 0 Å². The molecule has 2 aliphatic carbocycles. The first-order chi connectivity index (χ1) is 13.6. The first kappa shape index (κ1) is 19.0. The van der Waals surface area contributed by atoms with Crippen LogP contribution in [0.4, 0.5) is 0 Å². The van der Waals surface area contributed by atoms with Gasteiger partial charge in [0.05, 0.1) is 12.0 Å². The highest BCUT2D eigenvalue weighted by molar-refractivity contribution is 5.88. The highest BCUT2D eigenvalue weighted by Gasteiger charge is 2.39. The topological polar surface area (TPSA) is 75.7 Å². The summed E-state index contributed by atoms with van der Waals surface area (Å²) in [5.41, 5.74) is 2.43. The number of fused-ring (bicyclic) bond motifs is 1. The molecule has 6 heteroatoms. The Morgan fingerprint density at radius 2 is 1.89 bits per heavy atom. The molecule has 1 N–H and O–H groups in total. The lowest BCUT2D eigenvalue weighted by molar-refractivity contribution is -0.152.